The van der Waals surface area contributed by atoms with E-state index in [1.165, 1.54) is 12.0 Å². The number of carbonyl (C=O) groups is 2. The van der Waals surface area contributed by atoms with Gasteiger partial charge in [0.1, 0.15) is 17.3 Å². The second-order valence-corrected chi connectivity index (χ2v) is 8.70. The molecule has 0 aliphatic carbocycles. The maximum atomic E-state index is 13.5. The van der Waals surface area contributed by atoms with E-state index in [0.717, 1.165) is 12.1 Å². The number of anilines is 2. The Bertz CT molecular complexity index is 1300. The topological polar surface area (TPSA) is 79.3 Å². The predicted molar refractivity (Wildman–Crippen MR) is 141 cm³/mol. The smallest absolute Gasteiger partial charge is 0.300 e. The summed E-state index contributed by atoms with van der Waals surface area (Å²) in [6.45, 7) is 2.46. The molecule has 1 N–H and O–H groups in total. The number of aliphatic hydroxyl groups excluding tert-OH is 1. The highest BCUT2D eigenvalue weighted by Crippen LogP contribution is 2.45. The Morgan fingerprint density at radius 1 is 1.00 bits per heavy atom. The Labute approximate surface area is 211 Å². The number of hydrogen-bond acceptors (Lipinski definition) is 6. The first-order valence-electron chi connectivity index (χ1n) is 11.8. The minimum absolute atomic E-state index is 0.0103. The van der Waals surface area contributed by atoms with Gasteiger partial charge >= 0.3 is 0 Å². The number of methoxy groups -OCH3 is 1. The molecule has 3 aromatic carbocycles. The van der Waals surface area contributed by atoms with Crippen LogP contribution in [0.5, 0.6) is 11.5 Å². The second-order valence-electron chi connectivity index (χ2n) is 8.70. The Morgan fingerprint density at radius 3 is 2.39 bits per heavy atom. The molecule has 0 aromatic heterocycles. The molecule has 1 unspecified atom stereocenters. The van der Waals surface area contributed by atoms with Crippen molar-refractivity contribution in [2.24, 2.45) is 0 Å². The van der Waals surface area contributed by atoms with Gasteiger partial charge in [0, 0.05) is 25.3 Å². The Balaban J connectivity index is 1.93. The summed E-state index contributed by atoms with van der Waals surface area (Å²) in [5.41, 5.74) is 2.53. The summed E-state index contributed by atoms with van der Waals surface area (Å²) < 4.78 is 11.2. The van der Waals surface area contributed by atoms with Crippen LogP contribution in [-0.2, 0) is 9.59 Å². The lowest BCUT2D eigenvalue weighted by molar-refractivity contribution is -0.132. The van der Waals surface area contributed by atoms with Gasteiger partial charge in [0.05, 0.1) is 31.0 Å². The molecule has 1 heterocycles. The van der Waals surface area contributed by atoms with Gasteiger partial charge in [-0.25, -0.2) is 0 Å². The number of aliphatic hydroxyl groups is 1. The fourth-order valence-corrected chi connectivity index (χ4v) is 4.27. The molecule has 4 rings (SSSR count). The maximum absolute atomic E-state index is 13.5. The average Bonchev–Trinajstić information content (AvgIpc) is 3.17. The van der Waals surface area contributed by atoms with Crippen LogP contribution in [0.1, 0.15) is 30.5 Å². The largest absolute Gasteiger partial charge is 0.507 e. The quantitative estimate of drug-likeness (QED) is 0.269. The fraction of sp³-hybridized carbons (Fsp3) is 0.241. The van der Waals surface area contributed by atoms with Gasteiger partial charge in [0.25, 0.3) is 11.7 Å². The lowest BCUT2D eigenvalue weighted by atomic mass is 9.94. The van der Waals surface area contributed by atoms with E-state index in [-0.39, 0.29) is 11.3 Å². The zero-order valence-corrected chi connectivity index (χ0v) is 20.9. The molecule has 7 nitrogen and oxygen atoms in total. The lowest BCUT2D eigenvalue weighted by Crippen LogP contribution is -2.30. The van der Waals surface area contributed by atoms with Crippen LogP contribution < -0.4 is 19.3 Å². The summed E-state index contributed by atoms with van der Waals surface area (Å²) in [4.78, 5) is 30.3. The van der Waals surface area contributed by atoms with Crippen LogP contribution in [0, 0.1) is 0 Å². The van der Waals surface area contributed by atoms with Gasteiger partial charge in [0.2, 0.25) is 0 Å². The van der Waals surface area contributed by atoms with Crippen molar-refractivity contribution in [3.05, 3.63) is 89.5 Å². The van der Waals surface area contributed by atoms with Crippen molar-refractivity contribution in [3.8, 4) is 11.5 Å². The Kier molecular flexibility index (Phi) is 7.29. The first-order chi connectivity index (χ1) is 17.4. The van der Waals surface area contributed by atoms with Crippen molar-refractivity contribution >= 4 is 28.8 Å². The predicted octanol–water partition coefficient (Wildman–Crippen LogP) is 5.18. The summed E-state index contributed by atoms with van der Waals surface area (Å²) in [5, 5.41) is 11.4. The first kappa shape index (κ1) is 24.9. The molecule has 1 aliphatic heterocycles. The number of para-hydroxylation sites is 2. The van der Waals surface area contributed by atoms with E-state index < -0.39 is 17.7 Å². The van der Waals surface area contributed by atoms with Gasteiger partial charge in [-0.2, -0.15) is 0 Å². The summed E-state index contributed by atoms with van der Waals surface area (Å²) >= 11 is 0. The molecule has 36 heavy (non-hydrogen) atoms. The molecule has 1 aliphatic rings. The number of ether oxygens (including phenoxy) is 2. The number of rotatable bonds is 8. The normalized spacial score (nSPS) is 16.8. The van der Waals surface area contributed by atoms with E-state index in [1.807, 2.05) is 56.3 Å². The minimum Gasteiger partial charge on any atom is -0.507 e. The Hall–Kier alpha value is -4.26. The maximum Gasteiger partial charge on any atom is 0.300 e. The summed E-state index contributed by atoms with van der Waals surface area (Å²) in [6, 6.07) is 20.6. The summed E-state index contributed by atoms with van der Waals surface area (Å²) in [5.74, 6) is -0.726. The minimum atomic E-state index is -0.848. The number of Topliss-reactive ketones (excluding diaryl/α,β-unsaturated/α-hetero) is 1. The number of carbonyl (C=O) groups excluding carboxylic acids is 2. The monoisotopic (exact) mass is 486 g/mol. The number of ketones is 1. The zero-order valence-electron chi connectivity index (χ0n) is 20.9. The van der Waals surface area contributed by atoms with Crippen LogP contribution in [-0.4, -0.2) is 44.6 Å². The van der Waals surface area contributed by atoms with Crippen LogP contribution in [0.2, 0.25) is 0 Å². The number of benzene rings is 3. The molecule has 0 saturated carbocycles. The SMILES string of the molecule is CCCOc1ccccc1N1C(=O)C(=O)/C(=C(\O)c2cccc(OC)c2)C1c1ccc(N(C)C)cc1. The fourth-order valence-electron chi connectivity index (χ4n) is 4.27. The van der Waals surface area contributed by atoms with Gasteiger partial charge in [-0.15, -0.1) is 0 Å². The van der Waals surface area contributed by atoms with Crippen molar-refractivity contribution in [1.82, 2.24) is 0 Å². The van der Waals surface area contributed by atoms with E-state index in [4.69, 9.17) is 9.47 Å². The molecule has 0 bridgehead atoms. The molecule has 1 fully saturated rings. The summed E-state index contributed by atoms with van der Waals surface area (Å²) in [7, 11) is 5.40. The van der Waals surface area contributed by atoms with Crippen LogP contribution in [0.25, 0.3) is 5.76 Å². The third-order valence-electron chi connectivity index (χ3n) is 6.10. The molecule has 7 heteroatoms. The highest BCUT2D eigenvalue weighted by atomic mass is 16.5. The molecular formula is C29H30N2O5. The number of hydrogen-bond donors (Lipinski definition) is 1. The Morgan fingerprint density at radius 2 is 1.72 bits per heavy atom. The molecule has 0 radical (unpaired) electrons. The molecule has 1 saturated heterocycles. The zero-order chi connectivity index (χ0) is 25.8. The van der Waals surface area contributed by atoms with E-state index in [0.29, 0.717) is 34.9 Å². The van der Waals surface area contributed by atoms with Crippen molar-refractivity contribution in [3.63, 3.8) is 0 Å². The van der Waals surface area contributed by atoms with Crippen molar-refractivity contribution in [2.75, 3.05) is 37.6 Å². The van der Waals surface area contributed by atoms with Gasteiger partial charge in [-0.1, -0.05) is 43.3 Å². The van der Waals surface area contributed by atoms with Gasteiger partial charge in [0.15, 0.2) is 0 Å². The van der Waals surface area contributed by atoms with Crippen LogP contribution in [0.4, 0.5) is 11.4 Å². The van der Waals surface area contributed by atoms with Crippen molar-refractivity contribution in [2.45, 2.75) is 19.4 Å². The molecule has 3 aromatic rings. The molecular weight excluding hydrogens is 456 g/mol. The van der Waals surface area contributed by atoms with E-state index in [2.05, 4.69) is 0 Å². The first-order valence-corrected chi connectivity index (χ1v) is 11.8. The standard InChI is InChI=1S/C29H30N2O5/c1-5-17-36-24-12-7-6-11-23(24)31-26(19-13-15-21(16-14-19)30(2)3)25(28(33)29(31)34)27(32)20-9-8-10-22(18-20)35-4/h6-16,18,26,32H,5,17H2,1-4H3/b27-25-. The molecule has 0 spiro atoms. The van der Waals surface area contributed by atoms with Crippen molar-refractivity contribution in [1.29, 1.82) is 0 Å². The molecule has 1 amide bonds. The molecule has 186 valence electrons. The third-order valence-corrected chi connectivity index (χ3v) is 6.10. The van der Waals surface area contributed by atoms with Crippen LogP contribution in [0.15, 0.2) is 78.4 Å². The highest BCUT2D eigenvalue weighted by molar-refractivity contribution is 6.52. The molecule has 1 atom stereocenters. The highest BCUT2D eigenvalue weighted by Gasteiger charge is 2.47. The summed E-state index contributed by atoms with van der Waals surface area (Å²) in [6.07, 6.45) is 0.790. The van der Waals surface area contributed by atoms with E-state index in [9.17, 15) is 14.7 Å². The van der Waals surface area contributed by atoms with Gasteiger partial charge < -0.3 is 19.5 Å². The van der Waals surface area contributed by atoms with Crippen LogP contribution in [0.3, 0.4) is 0 Å². The third kappa shape index (κ3) is 4.64. The van der Waals surface area contributed by atoms with Gasteiger partial charge in [-0.05, 0) is 48.4 Å². The van der Waals surface area contributed by atoms with E-state index in [1.54, 1.807) is 42.5 Å². The average molecular weight is 487 g/mol. The van der Waals surface area contributed by atoms with Crippen molar-refractivity contribution < 1.29 is 24.2 Å². The second kappa shape index (κ2) is 10.6. The lowest BCUT2D eigenvalue weighted by Gasteiger charge is -2.27. The van der Waals surface area contributed by atoms with Crippen LogP contribution >= 0.6 is 0 Å². The number of amides is 1. The van der Waals surface area contributed by atoms with Gasteiger partial charge in [-0.3, -0.25) is 14.5 Å². The van der Waals surface area contributed by atoms with E-state index >= 15 is 0 Å². The number of nitrogens with zero attached hydrogens (tertiary/aromatic N) is 2.